The van der Waals surface area contributed by atoms with Crippen LogP contribution in [-0.2, 0) is 9.59 Å². The van der Waals surface area contributed by atoms with Crippen molar-refractivity contribution in [1.29, 1.82) is 0 Å². The van der Waals surface area contributed by atoms with Crippen LogP contribution >= 0.6 is 11.6 Å². The fraction of sp³-hybridized carbons (Fsp3) is 0.263. The van der Waals surface area contributed by atoms with Crippen molar-refractivity contribution in [2.45, 2.75) is 26.7 Å². The first-order valence-electron chi connectivity index (χ1n) is 7.86. The maximum atomic E-state index is 12.6. The third kappa shape index (κ3) is 3.44. The molecule has 3 rings (SSSR count). The highest BCUT2D eigenvalue weighted by molar-refractivity contribution is 6.31. The Balaban J connectivity index is 1.72. The van der Waals surface area contributed by atoms with Crippen molar-refractivity contribution >= 4 is 34.8 Å². The Labute approximate surface area is 146 Å². The second-order valence-corrected chi connectivity index (χ2v) is 6.81. The molecule has 0 radical (unpaired) electrons. The molecule has 0 heterocycles. The summed E-state index contributed by atoms with van der Waals surface area (Å²) in [5, 5.41) is 6.21. The minimum atomic E-state index is -0.986. The molecule has 0 spiro atoms. The molecule has 0 bridgehead atoms. The molecule has 1 saturated carbocycles. The van der Waals surface area contributed by atoms with Crippen molar-refractivity contribution in [1.82, 2.24) is 0 Å². The quantitative estimate of drug-likeness (QED) is 0.813. The summed E-state index contributed by atoms with van der Waals surface area (Å²) < 4.78 is 0. The zero-order valence-electron chi connectivity index (χ0n) is 13.7. The Morgan fingerprint density at radius 2 is 1.50 bits per heavy atom. The molecule has 4 nitrogen and oxygen atoms in total. The molecular formula is C19H19ClN2O2. The van der Waals surface area contributed by atoms with Crippen molar-refractivity contribution in [2.24, 2.45) is 5.41 Å². The predicted molar refractivity (Wildman–Crippen MR) is 96.3 cm³/mol. The van der Waals surface area contributed by atoms with E-state index in [1.807, 2.05) is 32.0 Å². The summed E-state index contributed by atoms with van der Waals surface area (Å²) in [7, 11) is 0. The van der Waals surface area contributed by atoms with Gasteiger partial charge in [-0.2, -0.15) is 0 Å². The predicted octanol–water partition coefficient (Wildman–Crippen LogP) is 4.31. The summed E-state index contributed by atoms with van der Waals surface area (Å²) in [6.07, 6.45) is 1.10. The number of amides is 2. The molecule has 0 atom stereocenters. The Hall–Kier alpha value is -2.33. The van der Waals surface area contributed by atoms with Gasteiger partial charge in [0.25, 0.3) is 0 Å². The monoisotopic (exact) mass is 342 g/mol. The number of carbonyl (C=O) groups excluding carboxylic acids is 2. The largest absolute Gasteiger partial charge is 0.325 e. The maximum absolute atomic E-state index is 12.6. The van der Waals surface area contributed by atoms with Gasteiger partial charge < -0.3 is 10.6 Å². The van der Waals surface area contributed by atoms with Crippen molar-refractivity contribution in [2.75, 3.05) is 10.6 Å². The minimum Gasteiger partial charge on any atom is -0.325 e. The van der Waals surface area contributed by atoms with E-state index in [4.69, 9.17) is 11.6 Å². The number of nitrogens with one attached hydrogen (secondary N) is 2. The summed E-state index contributed by atoms with van der Waals surface area (Å²) in [6, 6.07) is 12.7. The first-order valence-corrected chi connectivity index (χ1v) is 8.24. The Bertz CT molecular complexity index is 793. The van der Waals surface area contributed by atoms with Gasteiger partial charge in [0.05, 0.1) is 0 Å². The zero-order chi connectivity index (χ0) is 17.3. The second kappa shape index (κ2) is 6.29. The van der Waals surface area contributed by atoms with Gasteiger partial charge in [-0.05, 0) is 68.1 Å². The van der Waals surface area contributed by atoms with E-state index >= 15 is 0 Å². The summed E-state index contributed by atoms with van der Waals surface area (Å²) in [5.41, 5.74) is 2.47. The van der Waals surface area contributed by atoms with Crippen molar-refractivity contribution < 1.29 is 9.59 Å². The van der Waals surface area contributed by atoms with E-state index in [1.165, 1.54) is 0 Å². The molecule has 2 aromatic carbocycles. The van der Waals surface area contributed by atoms with Gasteiger partial charge in [0, 0.05) is 16.4 Å². The maximum Gasteiger partial charge on any atom is 0.240 e. The van der Waals surface area contributed by atoms with Crippen LogP contribution in [0.1, 0.15) is 24.0 Å². The van der Waals surface area contributed by atoms with Crippen LogP contribution in [0.25, 0.3) is 0 Å². The first-order chi connectivity index (χ1) is 11.4. The lowest BCUT2D eigenvalue weighted by molar-refractivity contribution is -0.131. The molecule has 0 unspecified atom stereocenters. The van der Waals surface area contributed by atoms with E-state index < -0.39 is 5.41 Å². The fourth-order valence-corrected chi connectivity index (χ4v) is 2.99. The summed E-state index contributed by atoms with van der Waals surface area (Å²) >= 11 is 5.93. The van der Waals surface area contributed by atoms with Gasteiger partial charge in [0.15, 0.2) is 0 Å². The molecule has 0 aromatic heterocycles. The van der Waals surface area contributed by atoms with Crippen molar-refractivity contribution in [3.8, 4) is 0 Å². The van der Waals surface area contributed by atoms with E-state index in [9.17, 15) is 9.59 Å². The molecule has 2 amide bonds. The van der Waals surface area contributed by atoms with Crippen molar-refractivity contribution in [3.63, 3.8) is 0 Å². The number of benzene rings is 2. The van der Waals surface area contributed by atoms with Crippen LogP contribution in [0.15, 0.2) is 42.5 Å². The molecule has 1 aliphatic carbocycles. The van der Waals surface area contributed by atoms with Crippen LogP contribution < -0.4 is 10.6 Å². The van der Waals surface area contributed by atoms with Gasteiger partial charge >= 0.3 is 0 Å². The third-order valence-corrected chi connectivity index (χ3v) is 4.42. The smallest absolute Gasteiger partial charge is 0.240 e. The van der Waals surface area contributed by atoms with Crippen LogP contribution in [0.3, 0.4) is 0 Å². The topological polar surface area (TPSA) is 58.2 Å². The number of aryl methyl sites for hydroxylation is 2. The first kappa shape index (κ1) is 16.5. The second-order valence-electron chi connectivity index (χ2n) is 6.38. The van der Waals surface area contributed by atoms with E-state index in [0.717, 1.165) is 16.8 Å². The Morgan fingerprint density at radius 3 is 2.04 bits per heavy atom. The fourth-order valence-electron chi connectivity index (χ4n) is 2.80. The van der Waals surface area contributed by atoms with Crippen LogP contribution in [0, 0.1) is 19.3 Å². The van der Waals surface area contributed by atoms with Gasteiger partial charge in [-0.15, -0.1) is 0 Å². The molecule has 0 saturated heterocycles. The minimum absolute atomic E-state index is 0.257. The van der Waals surface area contributed by atoms with E-state index in [0.29, 0.717) is 23.6 Å². The van der Waals surface area contributed by atoms with Gasteiger partial charge in [-0.1, -0.05) is 23.7 Å². The van der Waals surface area contributed by atoms with Gasteiger partial charge in [0.1, 0.15) is 5.41 Å². The SMILES string of the molecule is Cc1cc(C)cc(NC(=O)C2(C(=O)Nc3cccc(Cl)c3)CC2)c1. The Kier molecular flexibility index (Phi) is 4.33. The van der Waals surface area contributed by atoms with Crippen LogP contribution in [0.2, 0.25) is 5.02 Å². The highest BCUT2D eigenvalue weighted by Crippen LogP contribution is 2.47. The number of hydrogen-bond donors (Lipinski definition) is 2. The Morgan fingerprint density at radius 1 is 0.917 bits per heavy atom. The normalized spacial score (nSPS) is 14.8. The molecule has 2 N–H and O–H groups in total. The van der Waals surface area contributed by atoms with E-state index in [2.05, 4.69) is 10.6 Å². The molecule has 124 valence electrons. The van der Waals surface area contributed by atoms with Gasteiger partial charge in [-0.3, -0.25) is 9.59 Å². The molecule has 1 fully saturated rings. The lowest BCUT2D eigenvalue weighted by atomic mass is 10.0. The third-order valence-electron chi connectivity index (χ3n) is 4.18. The summed E-state index contributed by atoms with van der Waals surface area (Å²) in [6.45, 7) is 3.95. The molecule has 1 aliphatic rings. The lowest BCUT2D eigenvalue weighted by Crippen LogP contribution is -2.35. The molecule has 5 heteroatoms. The van der Waals surface area contributed by atoms with Gasteiger partial charge in [0.2, 0.25) is 11.8 Å². The zero-order valence-corrected chi connectivity index (χ0v) is 14.4. The lowest BCUT2D eigenvalue weighted by Gasteiger charge is -2.16. The molecular weight excluding hydrogens is 324 g/mol. The summed E-state index contributed by atoms with van der Waals surface area (Å²) in [5.74, 6) is -0.543. The highest BCUT2D eigenvalue weighted by Gasteiger charge is 2.56. The highest BCUT2D eigenvalue weighted by atomic mass is 35.5. The summed E-state index contributed by atoms with van der Waals surface area (Å²) in [4.78, 5) is 25.2. The number of halogens is 1. The number of carbonyl (C=O) groups is 2. The van der Waals surface area contributed by atoms with E-state index in [-0.39, 0.29) is 11.8 Å². The van der Waals surface area contributed by atoms with Gasteiger partial charge in [-0.25, -0.2) is 0 Å². The average Bonchev–Trinajstić information content (AvgIpc) is 3.27. The average molecular weight is 343 g/mol. The van der Waals surface area contributed by atoms with Crippen LogP contribution in [0.5, 0.6) is 0 Å². The molecule has 0 aliphatic heterocycles. The number of anilines is 2. The molecule has 24 heavy (non-hydrogen) atoms. The standard InChI is InChI=1S/C19H19ClN2O2/c1-12-8-13(2)10-16(9-12)22-18(24)19(6-7-19)17(23)21-15-5-3-4-14(20)11-15/h3-5,8-11H,6-7H2,1-2H3,(H,21,23)(H,22,24). The van der Waals surface area contributed by atoms with Crippen LogP contribution in [0.4, 0.5) is 11.4 Å². The van der Waals surface area contributed by atoms with E-state index in [1.54, 1.807) is 24.3 Å². The number of rotatable bonds is 4. The van der Waals surface area contributed by atoms with Crippen molar-refractivity contribution in [3.05, 3.63) is 58.6 Å². The van der Waals surface area contributed by atoms with Crippen LogP contribution in [-0.4, -0.2) is 11.8 Å². The number of hydrogen-bond acceptors (Lipinski definition) is 2. The molecule has 2 aromatic rings.